The summed E-state index contributed by atoms with van der Waals surface area (Å²) >= 11 is 0. The number of carbonyl (C=O) groups excluding carboxylic acids is 1. The number of aryl methyl sites for hydroxylation is 2. The van der Waals surface area contributed by atoms with Gasteiger partial charge in [0.25, 0.3) is 11.8 Å². The lowest BCUT2D eigenvalue weighted by Gasteiger charge is -2.11. The molecule has 2 aromatic carbocycles. The monoisotopic (exact) mass is 337 g/mol. The lowest BCUT2D eigenvalue weighted by Crippen LogP contribution is -2.20. The molecule has 1 aromatic heterocycles. The van der Waals surface area contributed by atoms with Gasteiger partial charge in [0, 0.05) is 6.42 Å². The molecule has 0 saturated heterocycles. The highest BCUT2D eigenvalue weighted by atomic mass is 16.5. The Kier molecular flexibility index (Phi) is 5.09. The fourth-order valence-electron chi connectivity index (χ4n) is 2.33. The molecule has 1 heterocycles. The molecule has 1 amide bonds. The number of anilines is 1. The topological polar surface area (TPSA) is 77.2 Å². The van der Waals surface area contributed by atoms with E-state index in [1.165, 1.54) is 0 Å². The highest BCUT2D eigenvalue weighted by Gasteiger charge is 2.14. The van der Waals surface area contributed by atoms with Gasteiger partial charge in [-0.3, -0.25) is 4.79 Å². The minimum Gasteiger partial charge on any atom is -0.483 e. The quantitative estimate of drug-likeness (QED) is 0.743. The lowest BCUT2D eigenvalue weighted by atomic mass is 10.1. The van der Waals surface area contributed by atoms with Gasteiger partial charge in [0.05, 0.1) is 11.3 Å². The zero-order valence-corrected chi connectivity index (χ0v) is 14.2. The molecule has 0 spiro atoms. The summed E-state index contributed by atoms with van der Waals surface area (Å²) in [6, 6.07) is 14.9. The third-order valence-electron chi connectivity index (χ3n) is 3.67. The average Bonchev–Trinajstić information content (AvgIpc) is 3.10. The Morgan fingerprint density at radius 3 is 2.68 bits per heavy atom. The van der Waals surface area contributed by atoms with Crippen LogP contribution in [-0.4, -0.2) is 22.7 Å². The van der Waals surface area contributed by atoms with Crippen molar-refractivity contribution in [2.45, 2.75) is 20.3 Å². The maximum absolute atomic E-state index is 12.2. The van der Waals surface area contributed by atoms with Crippen LogP contribution in [0, 0.1) is 6.92 Å². The van der Waals surface area contributed by atoms with E-state index in [9.17, 15) is 4.79 Å². The van der Waals surface area contributed by atoms with Gasteiger partial charge >= 0.3 is 0 Å². The molecule has 6 nitrogen and oxygen atoms in total. The van der Waals surface area contributed by atoms with Gasteiger partial charge in [0.1, 0.15) is 5.75 Å². The van der Waals surface area contributed by atoms with Crippen molar-refractivity contribution >= 4 is 11.6 Å². The zero-order valence-electron chi connectivity index (χ0n) is 14.2. The van der Waals surface area contributed by atoms with Gasteiger partial charge in [-0.05, 0) is 30.7 Å². The Labute approximate surface area is 145 Å². The molecular weight excluding hydrogens is 318 g/mol. The van der Waals surface area contributed by atoms with E-state index in [1.807, 2.05) is 56.3 Å². The van der Waals surface area contributed by atoms with Crippen molar-refractivity contribution < 1.29 is 14.1 Å². The van der Waals surface area contributed by atoms with Gasteiger partial charge < -0.3 is 14.6 Å². The van der Waals surface area contributed by atoms with Gasteiger partial charge in [-0.2, -0.15) is 4.98 Å². The van der Waals surface area contributed by atoms with Crippen LogP contribution in [0.1, 0.15) is 18.3 Å². The van der Waals surface area contributed by atoms with Crippen LogP contribution in [0.5, 0.6) is 5.75 Å². The molecule has 1 N–H and O–H groups in total. The maximum atomic E-state index is 12.2. The number of rotatable bonds is 6. The molecule has 3 rings (SSSR count). The predicted octanol–water partition coefficient (Wildman–Crippen LogP) is 3.62. The van der Waals surface area contributed by atoms with Crippen molar-refractivity contribution in [2.24, 2.45) is 0 Å². The molecule has 0 unspecified atom stereocenters. The van der Waals surface area contributed by atoms with Crippen LogP contribution in [-0.2, 0) is 11.2 Å². The van der Waals surface area contributed by atoms with Crippen molar-refractivity contribution in [1.29, 1.82) is 0 Å². The van der Waals surface area contributed by atoms with Crippen LogP contribution in [0.4, 0.5) is 5.69 Å². The first-order chi connectivity index (χ1) is 12.2. The highest BCUT2D eigenvalue weighted by Crippen LogP contribution is 2.26. The summed E-state index contributed by atoms with van der Waals surface area (Å²) in [6.45, 7) is 3.80. The molecule has 0 radical (unpaired) electrons. The average molecular weight is 337 g/mol. The smallest absolute Gasteiger partial charge is 0.262 e. The minimum absolute atomic E-state index is 0.0801. The Morgan fingerprint density at radius 2 is 1.92 bits per heavy atom. The summed E-state index contributed by atoms with van der Waals surface area (Å²) in [5.41, 5.74) is 2.26. The minimum atomic E-state index is -0.258. The number of nitrogens with one attached hydrogen (secondary N) is 1. The van der Waals surface area contributed by atoms with Gasteiger partial charge in [0.15, 0.2) is 12.4 Å². The number of para-hydroxylation sites is 2. The number of benzene rings is 2. The van der Waals surface area contributed by atoms with E-state index in [-0.39, 0.29) is 12.5 Å². The molecule has 0 atom stereocenters. The van der Waals surface area contributed by atoms with Gasteiger partial charge in [-0.15, -0.1) is 0 Å². The van der Waals surface area contributed by atoms with E-state index in [0.717, 1.165) is 5.56 Å². The molecule has 0 aliphatic rings. The molecule has 0 saturated carbocycles. The van der Waals surface area contributed by atoms with Gasteiger partial charge in [-0.1, -0.05) is 42.4 Å². The predicted molar refractivity (Wildman–Crippen MR) is 94.4 cm³/mol. The number of nitrogens with zero attached hydrogens (tertiary/aromatic N) is 2. The SMILES string of the molecule is CCc1noc(-c2ccccc2NC(=O)COc2ccccc2C)n1. The molecule has 6 heteroatoms. The number of hydrogen-bond donors (Lipinski definition) is 1. The fourth-order valence-corrected chi connectivity index (χ4v) is 2.33. The largest absolute Gasteiger partial charge is 0.483 e. The Morgan fingerprint density at radius 1 is 1.16 bits per heavy atom. The van der Waals surface area contributed by atoms with Crippen LogP contribution in [0.25, 0.3) is 11.5 Å². The summed E-state index contributed by atoms with van der Waals surface area (Å²) in [7, 11) is 0. The second-order valence-electron chi connectivity index (χ2n) is 5.52. The highest BCUT2D eigenvalue weighted by molar-refractivity contribution is 5.95. The summed E-state index contributed by atoms with van der Waals surface area (Å²) in [5.74, 6) is 1.44. The van der Waals surface area contributed by atoms with E-state index < -0.39 is 0 Å². The molecule has 0 bridgehead atoms. The third-order valence-corrected chi connectivity index (χ3v) is 3.67. The van der Waals surface area contributed by atoms with E-state index in [0.29, 0.717) is 35.1 Å². The number of aromatic nitrogens is 2. The summed E-state index contributed by atoms with van der Waals surface area (Å²) < 4.78 is 10.8. The van der Waals surface area contributed by atoms with E-state index >= 15 is 0 Å². The van der Waals surface area contributed by atoms with Crippen LogP contribution in [0.15, 0.2) is 53.1 Å². The van der Waals surface area contributed by atoms with E-state index in [1.54, 1.807) is 6.07 Å². The van der Waals surface area contributed by atoms with Gasteiger partial charge in [-0.25, -0.2) is 0 Å². The van der Waals surface area contributed by atoms with Crippen molar-refractivity contribution in [1.82, 2.24) is 10.1 Å². The molecule has 128 valence electrons. The van der Waals surface area contributed by atoms with Crippen LogP contribution >= 0.6 is 0 Å². The molecule has 25 heavy (non-hydrogen) atoms. The van der Waals surface area contributed by atoms with Crippen molar-refractivity contribution in [3.8, 4) is 17.2 Å². The number of ether oxygens (including phenoxy) is 1. The van der Waals surface area contributed by atoms with E-state index in [2.05, 4.69) is 15.5 Å². The van der Waals surface area contributed by atoms with Crippen molar-refractivity contribution in [3.63, 3.8) is 0 Å². The molecule has 0 aliphatic heterocycles. The molecular formula is C19H19N3O3. The van der Waals surface area contributed by atoms with Crippen LogP contribution in [0.3, 0.4) is 0 Å². The summed E-state index contributed by atoms with van der Waals surface area (Å²) in [4.78, 5) is 16.6. The normalized spacial score (nSPS) is 10.5. The second-order valence-corrected chi connectivity index (χ2v) is 5.52. The Hall–Kier alpha value is -3.15. The van der Waals surface area contributed by atoms with Crippen LogP contribution < -0.4 is 10.1 Å². The first kappa shape index (κ1) is 16.7. The summed E-state index contributed by atoms with van der Waals surface area (Å²) in [6.07, 6.45) is 0.683. The van der Waals surface area contributed by atoms with Crippen LogP contribution in [0.2, 0.25) is 0 Å². The third kappa shape index (κ3) is 4.03. The van der Waals surface area contributed by atoms with E-state index in [4.69, 9.17) is 9.26 Å². The number of amides is 1. The van der Waals surface area contributed by atoms with Gasteiger partial charge in [0.2, 0.25) is 0 Å². The molecule has 0 fully saturated rings. The lowest BCUT2D eigenvalue weighted by molar-refractivity contribution is -0.118. The molecule has 0 aliphatic carbocycles. The Balaban J connectivity index is 1.70. The van der Waals surface area contributed by atoms with Crippen molar-refractivity contribution in [3.05, 3.63) is 59.9 Å². The Bertz CT molecular complexity index is 874. The zero-order chi connectivity index (χ0) is 17.6. The summed E-state index contributed by atoms with van der Waals surface area (Å²) in [5, 5.41) is 6.73. The second kappa shape index (κ2) is 7.61. The van der Waals surface area contributed by atoms with Crippen molar-refractivity contribution in [2.75, 3.05) is 11.9 Å². The first-order valence-electron chi connectivity index (χ1n) is 8.07. The fraction of sp³-hybridized carbons (Fsp3) is 0.211. The molecule has 3 aromatic rings. The maximum Gasteiger partial charge on any atom is 0.262 e. The number of hydrogen-bond acceptors (Lipinski definition) is 5. The number of carbonyl (C=O) groups is 1. The standard InChI is InChI=1S/C19H19N3O3/c1-3-17-21-19(25-22-17)14-9-5-6-10-15(14)20-18(23)12-24-16-11-7-4-8-13(16)2/h4-11H,3,12H2,1-2H3,(H,20,23). The first-order valence-corrected chi connectivity index (χ1v) is 8.07.